The fraction of sp³-hybridized carbons (Fsp3) is 0.158. The maximum atomic E-state index is 12.9. The van der Waals surface area contributed by atoms with Gasteiger partial charge in [0.2, 0.25) is 0 Å². The number of unbranched alkanes of at least 4 members (excludes halogenated alkanes) is 3. The van der Waals surface area contributed by atoms with Crippen molar-refractivity contribution in [3.8, 4) is 11.8 Å². The largest absolute Gasteiger partial charge is 0.573 e. The lowest BCUT2D eigenvalue weighted by Crippen LogP contribution is -2.18. The minimum Gasteiger partial charge on any atom is -0.406 e. The Morgan fingerprint density at radius 3 is 0.805 bits per heavy atom. The van der Waals surface area contributed by atoms with E-state index >= 15 is 0 Å². The molecule has 674 valence electrons. The van der Waals surface area contributed by atoms with E-state index in [4.69, 9.17) is 5.26 Å². The van der Waals surface area contributed by atoms with Crippen LogP contribution in [0.3, 0.4) is 0 Å². The molecular formula is C120H114F7N5O. The number of ether oxygens (including phenoxy) is 1. The molecule has 0 amide bonds. The summed E-state index contributed by atoms with van der Waals surface area (Å²) in [7, 11) is 0. The Labute approximate surface area is 781 Å². The van der Waals surface area contributed by atoms with Crippen molar-refractivity contribution in [2.75, 3.05) is 26.2 Å². The molecule has 0 aromatic heterocycles. The van der Waals surface area contributed by atoms with E-state index in [1.165, 1.54) is 122 Å². The first kappa shape index (κ1) is 99.2. The van der Waals surface area contributed by atoms with E-state index in [0.717, 1.165) is 133 Å². The van der Waals surface area contributed by atoms with Crippen molar-refractivity contribution in [1.29, 1.82) is 5.26 Å². The minimum atomic E-state index is -4.68. The number of aryl methyl sites for hydroxylation is 1. The first-order valence-corrected chi connectivity index (χ1v) is 45.3. The highest BCUT2D eigenvalue weighted by molar-refractivity contribution is 5.83. The molecule has 0 heterocycles. The van der Waals surface area contributed by atoms with Crippen LogP contribution in [0, 0.1) is 17.1 Å². The second kappa shape index (κ2) is 56.3. The number of nitriles is 1. The molecule has 0 aliphatic carbocycles. The summed E-state index contributed by atoms with van der Waals surface area (Å²) in [6.07, 6.45) is 11.7. The van der Waals surface area contributed by atoms with Crippen molar-refractivity contribution in [3.63, 3.8) is 0 Å². The molecule has 0 bridgehead atoms. The van der Waals surface area contributed by atoms with Gasteiger partial charge in [0.05, 0.1) is 17.2 Å². The third-order valence-electron chi connectivity index (χ3n) is 21.6. The van der Waals surface area contributed by atoms with Crippen molar-refractivity contribution in [1.82, 2.24) is 21.3 Å². The molecule has 0 aliphatic heterocycles. The van der Waals surface area contributed by atoms with E-state index in [2.05, 4.69) is 323 Å². The number of benzene rings is 15. The lowest BCUT2D eigenvalue weighted by molar-refractivity contribution is -0.274. The van der Waals surface area contributed by atoms with Crippen LogP contribution >= 0.6 is 0 Å². The van der Waals surface area contributed by atoms with Crippen LogP contribution in [0.1, 0.15) is 146 Å². The zero-order valence-electron chi connectivity index (χ0n) is 74.9. The van der Waals surface area contributed by atoms with Crippen LogP contribution in [0.25, 0.3) is 27.9 Å². The summed E-state index contributed by atoms with van der Waals surface area (Å²) in [6, 6.07) is 143. The Balaban J connectivity index is 0.000000160. The van der Waals surface area contributed by atoms with Gasteiger partial charge in [-0.3, -0.25) is 0 Å². The van der Waals surface area contributed by atoms with Crippen molar-refractivity contribution in [2.45, 2.75) is 96.5 Å². The van der Waals surface area contributed by atoms with Gasteiger partial charge in [-0.25, -0.2) is 4.39 Å². The third kappa shape index (κ3) is 36.5. The van der Waals surface area contributed by atoms with E-state index in [-0.39, 0.29) is 11.6 Å². The SMILES string of the molecule is C(CCNCc1ccccc1)=C(c1ccccc1)c1ccccc1.FC(F)(F)Oc1cccc(CNCCC=C(c2ccccc2)c2ccccc2)c1.FC(F)(F)c1ccc(CNCCC=C(c2ccccc2)c2ccccc2)cc1.Fc1ccc(CNCCC=C(c2ccccc2)c2ccccc2)cc1.N#Cc1ccc(CCCCCC=C(c2ccccc2)c2ccccc2)cc1. The topological polar surface area (TPSA) is 81.1 Å². The van der Waals surface area contributed by atoms with E-state index in [1.807, 2.05) is 109 Å². The molecule has 0 radical (unpaired) electrons. The minimum absolute atomic E-state index is 0.193. The predicted octanol–water partition coefficient (Wildman–Crippen LogP) is 30.0. The molecule has 0 aliphatic rings. The van der Waals surface area contributed by atoms with Crippen molar-refractivity contribution in [3.05, 3.63) is 561 Å². The summed E-state index contributed by atoms with van der Waals surface area (Å²) in [5.41, 5.74) is 23.8. The van der Waals surface area contributed by atoms with Gasteiger partial charge in [-0.05, 0) is 237 Å². The predicted molar refractivity (Wildman–Crippen MR) is 536 cm³/mol. The van der Waals surface area contributed by atoms with Gasteiger partial charge in [-0.15, -0.1) is 13.2 Å². The van der Waals surface area contributed by atoms with E-state index in [9.17, 15) is 30.7 Å². The highest BCUT2D eigenvalue weighted by atomic mass is 19.4. The second-order valence-corrected chi connectivity index (χ2v) is 31.5. The number of halogens is 7. The Morgan fingerprint density at radius 1 is 0.263 bits per heavy atom. The number of allylic oxidation sites excluding steroid dienone is 1. The van der Waals surface area contributed by atoms with Gasteiger partial charge < -0.3 is 26.0 Å². The number of alkyl halides is 6. The molecule has 133 heavy (non-hydrogen) atoms. The van der Waals surface area contributed by atoms with E-state index in [0.29, 0.717) is 19.6 Å². The maximum Gasteiger partial charge on any atom is 0.573 e. The number of hydrogen-bond acceptors (Lipinski definition) is 6. The smallest absolute Gasteiger partial charge is 0.406 e. The average Bonchev–Trinajstić information content (AvgIpc) is 0.856. The van der Waals surface area contributed by atoms with Crippen LogP contribution in [-0.4, -0.2) is 32.5 Å². The molecule has 15 aromatic rings. The summed E-state index contributed by atoms with van der Waals surface area (Å²) in [5, 5.41) is 22.3. The molecule has 6 nitrogen and oxygen atoms in total. The molecule has 15 aromatic carbocycles. The second-order valence-electron chi connectivity index (χ2n) is 31.5. The van der Waals surface area contributed by atoms with Crippen molar-refractivity contribution < 1.29 is 35.5 Å². The van der Waals surface area contributed by atoms with Crippen LogP contribution in [-0.2, 0) is 38.8 Å². The summed E-state index contributed by atoms with van der Waals surface area (Å²) in [6.45, 7) is 5.96. The highest BCUT2D eigenvalue weighted by Gasteiger charge is 2.31. The molecule has 0 fully saturated rings. The zero-order valence-corrected chi connectivity index (χ0v) is 74.9. The first-order valence-electron chi connectivity index (χ1n) is 45.3. The molecular weight excluding hydrogens is 1660 g/mol. The van der Waals surface area contributed by atoms with Crippen LogP contribution in [0.2, 0.25) is 0 Å². The highest BCUT2D eigenvalue weighted by Crippen LogP contribution is 2.32. The molecule has 13 heteroatoms. The quantitative estimate of drug-likeness (QED) is 0.0230. The van der Waals surface area contributed by atoms with Crippen LogP contribution < -0.4 is 26.0 Å². The molecule has 0 spiro atoms. The van der Waals surface area contributed by atoms with Gasteiger partial charge in [0, 0.05) is 26.2 Å². The van der Waals surface area contributed by atoms with Gasteiger partial charge in [0.15, 0.2) is 0 Å². The lowest BCUT2D eigenvalue weighted by atomic mass is 9.96. The number of nitrogens with one attached hydrogen (secondary N) is 4. The lowest BCUT2D eigenvalue weighted by Gasteiger charge is -2.11. The van der Waals surface area contributed by atoms with E-state index in [1.54, 1.807) is 12.1 Å². The third-order valence-corrected chi connectivity index (χ3v) is 21.6. The van der Waals surface area contributed by atoms with Crippen molar-refractivity contribution >= 4 is 27.9 Å². The first-order chi connectivity index (χ1) is 65.2. The number of nitrogens with zero attached hydrogens (tertiary/aromatic N) is 1. The van der Waals surface area contributed by atoms with Gasteiger partial charge in [0.1, 0.15) is 11.6 Å². The Morgan fingerprint density at radius 2 is 0.519 bits per heavy atom. The monoisotopic (exact) mass is 1770 g/mol. The van der Waals surface area contributed by atoms with Crippen LogP contribution in [0.4, 0.5) is 30.7 Å². The summed E-state index contributed by atoms with van der Waals surface area (Å²) < 4.78 is 91.7. The van der Waals surface area contributed by atoms with Crippen molar-refractivity contribution in [2.24, 2.45) is 0 Å². The molecule has 0 unspecified atom stereocenters. The summed E-state index contributed by atoms with van der Waals surface area (Å²) in [5.74, 6) is -0.394. The molecule has 4 N–H and O–H groups in total. The maximum absolute atomic E-state index is 12.9. The molecule has 0 saturated heterocycles. The molecule has 15 rings (SSSR count). The van der Waals surface area contributed by atoms with Crippen LogP contribution in [0.5, 0.6) is 5.75 Å². The van der Waals surface area contributed by atoms with Gasteiger partial charge in [-0.1, -0.05) is 419 Å². The fourth-order valence-electron chi connectivity index (χ4n) is 14.9. The Hall–Kier alpha value is -14.4. The van der Waals surface area contributed by atoms with E-state index < -0.39 is 18.1 Å². The fourth-order valence-corrected chi connectivity index (χ4v) is 14.9. The zero-order chi connectivity index (χ0) is 92.9. The summed E-state index contributed by atoms with van der Waals surface area (Å²) in [4.78, 5) is 0. The van der Waals surface area contributed by atoms with Gasteiger partial charge in [0.25, 0.3) is 0 Å². The summed E-state index contributed by atoms with van der Waals surface area (Å²) >= 11 is 0. The molecule has 0 atom stereocenters. The van der Waals surface area contributed by atoms with Crippen LogP contribution in [0.15, 0.2) is 461 Å². The van der Waals surface area contributed by atoms with Gasteiger partial charge >= 0.3 is 12.5 Å². The Kier molecular flexibility index (Phi) is 42.0. The Bertz CT molecular complexity index is 5760. The number of hydrogen-bond donors (Lipinski definition) is 4. The average molecular weight is 1780 g/mol. The number of rotatable bonds is 37. The normalized spacial score (nSPS) is 10.7. The standard InChI is InChI=1S/C26H25N.C24H22F3NO.C24H22F3N.C23H22FN.C23H23N/c27-21-23-19-17-22(18-20-23)11-5-1-2-10-16-26(24-12-6-3-7-13-24)25-14-8-4-9-15-25;25-24(26,27)29-22-14-7-9-19(17-22)18-28-16-8-15-23(20-10-3-1-4-11-20)21-12-5-2-6-13-21;25-24(26,27)22-15-13-19(14-16-22)18-28-17-7-12-23(20-8-3-1-4-9-20)21-10-5-2-6-11-21;24-22-15-13-19(14-16-22)18-25-17-7-12-23(20-8-3-1-4-9-20)21-10-5-2-6-11-21;1-4-11-20(12-5-1)19-24-18-10-17-23(21-13-6-2-7-14-21)22-15-8-3-9-16-22/h3-4,6-9,12-20H,1-2,5,10-11H2;1-7,9-15,17,28H,8,16,18H2;1-6,8-16,28H,7,17-18H2;1-6,8-16,25H,7,17-18H2;1-9,11-17,24H,10,18-19H2. The molecule has 0 saturated carbocycles. The van der Waals surface area contributed by atoms with Gasteiger partial charge in [-0.2, -0.15) is 18.4 Å².